The van der Waals surface area contributed by atoms with Crippen molar-refractivity contribution in [2.24, 2.45) is 0 Å². The number of carbonyl (C=O) groups is 1. The van der Waals surface area contributed by atoms with Gasteiger partial charge in [-0.3, -0.25) is 4.79 Å². The maximum atomic E-state index is 12.3. The van der Waals surface area contributed by atoms with E-state index in [1.165, 1.54) is 0 Å². The molecule has 0 bridgehead atoms. The van der Waals surface area contributed by atoms with Crippen molar-refractivity contribution in [2.45, 2.75) is 20.8 Å². The Bertz CT molecular complexity index is 627. The second-order valence-electron chi connectivity index (χ2n) is 5.00. The van der Waals surface area contributed by atoms with Crippen molar-refractivity contribution >= 4 is 33.2 Å². The quantitative estimate of drug-likeness (QED) is 0.838. The first-order valence-corrected chi connectivity index (χ1v) is 7.72. The fourth-order valence-corrected chi connectivity index (χ4v) is 2.98. The number of anilines is 2. The first kappa shape index (κ1) is 15.6. The van der Waals surface area contributed by atoms with Crippen LogP contribution in [-0.4, -0.2) is 12.5 Å². The summed E-state index contributed by atoms with van der Waals surface area (Å²) in [5.74, 6) is -0.106. The monoisotopic (exact) mass is 346 g/mol. The summed E-state index contributed by atoms with van der Waals surface area (Å²) in [6, 6.07) is 11.5. The molecule has 0 saturated carbocycles. The van der Waals surface area contributed by atoms with Gasteiger partial charge in [-0.1, -0.05) is 6.07 Å². The van der Waals surface area contributed by atoms with Gasteiger partial charge in [-0.05, 0) is 78.2 Å². The van der Waals surface area contributed by atoms with Crippen LogP contribution in [0.25, 0.3) is 0 Å². The molecule has 0 fully saturated rings. The lowest BCUT2D eigenvalue weighted by Gasteiger charge is -2.12. The van der Waals surface area contributed by atoms with E-state index in [1.807, 2.05) is 51.1 Å². The molecule has 0 unspecified atom stereocenters. The normalized spacial score (nSPS) is 10.3. The van der Waals surface area contributed by atoms with Crippen LogP contribution in [0.15, 0.2) is 40.9 Å². The third-order valence-corrected chi connectivity index (χ3v) is 3.82. The Morgan fingerprint density at radius 1 is 1.14 bits per heavy atom. The summed E-state index contributed by atoms with van der Waals surface area (Å²) < 4.78 is 0.901. The molecule has 110 valence electrons. The molecular formula is C17H19BrN2O. The number of benzene rings is 2. The minimum absolute atomic E-state index is 0.106. The average Bonchev–Trinajstić information content (AvgIpc) is 2.43. The molecule has 0 atom stereocenters. The SMILES string of the molecule is CCNc1ccc(C(=O)Nc2c(C)cc(C)cc2Br)cc1. The van der Waals surface area contributed by atoms with Crippen molar-refractivity contribution in [2.75, 3.05) is 17.2 Å². The van der Waals surface area contributed by atoms with Crippen LogP contribution in [0.2, 0.25) is 0 Å². The number of halogens is 1. The number of nitrogens with one attached hydrogen (secondary N) is 2. The first-order valence-electron chi connectivity index (χ1n) is 6.93. The van der Waals surface area contributed by atoms with E-state index in [0.29, 0.717) is 5.56 Å². The van der Waals surface area contributed by atoms with E-state index < -0.39 is 0 Å². The molecule has 2 aromatic carbocycles. The molecule has 0 spiro atoms. The van der Waals surface area contributed by atoms with Gasteiger partial charge >= 0.3 is 0 Å². The molecule has 2 aromatic rings. The van der Waals surface area contributed by atoms with E-state index in [0.717, 1.165) is 33.5 Å². The van der Waals surface area contributed by atoms with E-state index in [1.54, 1.807) is 0 Å². The largest absolute Gasteiger partial charge is 0.385 e. The maximum Gasteiger partial charge on any atom is 0.255 e. The minimum Gasteiger partial charge on any atom is -0.385 e. The zero-order valence-electron chi connectivity index (χ0n) is 12.5. The summed E-state index contributed by atoms with van der Waals surface area (Å²) in [6.07, 6.45) is 0. The Morgan fingerprint density at radius 2 is 1.81 bits per heavy atom. The van der Waals surface area contributed by atoms with Gasteiger partial charge in [0.05, 0.1) is 5.69 Å². The van der Waals surface area contributed by atoms with Crippen molar-refractivity contribution in [3.8, 4) is 0 Å². The summed E-state index contributed by atoms with van der Waals surface area (Å²) in [4.78, 5) is 12.3. The third kappa shape index (κ3) is 3.85. The molecule has 0 aliphatic carbocycles. The molecule has 3 nitrogen and oxygen atoms in total. The van der Waals surface area contributed by atoms with Crippen LogP contribution < -0.4 is 10.6 Å². The van der Waals surface area contributed by atoms with E-state index in [9.17, 15) is 4.79 Å². The number of amides is 1. The molecular weight excluding hydrogens is 328 g/mol. The van der Waals surface area contributed by atoms with Crippen LogP contribution in [0.4, 0.5) is 11.4 Å². The predicted octanol–water partition coefficient (Wildman–Crippen LogP) is 4.75. The summed E-state index contributed by atoms with van der Waals surface area (Å²) >= 11 is 3.51. The van der Waals surface area contributed by atoms with E-state index in [4.69, 9.17) is 0 Å². The van der Waals surface area contributed by atoms with Crippen LogP contribution in [0, 0.1) is 13.8 Å². The van der Waals surface area contributed by atoms with Gasteiger partial charge in [0.15, 0.2) is 0 Å². The Hall–Kier alpha value is -1.81. The Labute approximate surface area is 133 Å². The zero-order chi connectivity index (χ0) is 15.4. The van der Waals surface area contributed by atoms with Crippen LogP contribution >= 0.6 is 15.9 Å². The topological polar surface area (TPSA) is 41.1 Å². The van der Waals surface area contributed by atoms with Crippen molar-refractivity contribution < 1.29 is 4.79 Å². The lowest BCUT2D eigenvalue weighted by atomic mass is 10.1. The van der Waals surface area contributed by atoms with Gasteiger partial charge in [0.25, 0.3) is 5.91 Å². The van der Waals surface area contributed by atoms with Gasteiger partial charge in [0, 0.05) is 22.3 Å². The Morgan fingerprint density at radius 3 is 2.38 bits per heavy atom. The van der Waals surface area contributed by atoms with E-state index in [2.05, 4.69) is 32.6 Å². The second kappa shape index (κ2) is 6.76. The Kier molecular flexibility index (Phi) is 5.02. The highest BCUT2D eigenvalue weighted by atomic mass is 79.9. The lowest BCUT2D eigenvalue weighted by molar-refractivity contribution is 0.102. The third-order valence-electron chi connectivity index (χ3n) is 3.20. The smallest absolute Gasteiger partial charge is 0.255 e. The number of rotatable bonds is 4. The van der Waals surface area contributed by atoms with Gasteiger partial charge in [-0.2, -0.15) is 0 Å². The van der Waals surface area contributed by atoms with E-state index >= 15 is 0 Å². The van der Waals surface area contributed by atoms with Crippen molar-refractivity contribution in [3.63, 3.8) is 0 Å². The van der Waals surface area contributed by atoms with Gasteiger partial charge in [0.2, 0.25) is 0 Å². The fraction of sp³-hybridized carbons (Fsp3) is 0.235. The van der Waals surface area contributed by atoms with Crippen LogP contribution in [0.1, 0.15) is 28.4 Å². The highest BCUT2D eigenvalue weighted by Gasteiger charge is 2.11. The van der Waals surface area contributed by atoms with Crippen molar-refractivity contribution in [1.29, 1.82) is 0 Å². The van der Waals surface area contributed by atoms with Gasteiger partial charge in [0.1, 0.15) is 0 Å². The summed E-state index contributed by atoms with van der Waals surface area (Å²) in [5.41, 5.74) is 4.68. The molecule has 0 radical (unpaired) electrons. The lowest BCUT2D eigenvalue weighted by Crippen LogP contribution is -2.13. The molecule has 0 heterocycles. The van der Waals surface area contributed by atoms with Gasteiger partial charge in [-0.25, -0.2) is 0 Å². The first-order chi connectivity index (χ1) is 10.0. The zero-order valence-corrected chi connectivity index (χ0v) is 14.0. The van der Waals surface area contributed by atoms with Crippen molar-refractivity contribution in [3.05, 3.63) is 57.6 Å². The molecule has 2 N–H and O–H groups in total. The average molecular weight is 347 g/mol. The highest BCUT2D eigenvalue weighted by Crippen LogP contribution is 2.28. The van der Waals surface area contributed by atoms with Crippen molar-refractivity contribution in [1.82, 2.24) is 0 Å². The molecule has 0 aromatic heterocycles. The Balaban J connectivity index is 2.18. The summed E-state index contributed by atoms with van der Waals surface area (Å²) in [7, 11) is 0. The standard InChI is InChI=1S/C17H19BrN2O/c1-4-19-14-7-5-13(6-8-14)17(21)20-16-12(3)9-11(2)10-15(16)18/h5-10,19H,4H2,1-3H3,(H,20,21). The fourth-order valence-electron chi connectivity index (χ4n) is 2.20. The predicted molar refractivity (Wildman–Crippen MR) is 92.2 cm³/mol. The number of hydrogen-bond donors (Lipinski definition) is 2. The molecule has 2 rings (SSSR count). The van der Waals surface area contributed by atoms with Gasteiger partial charge < -0.3 is 10.6 Å². The highest BCUT2D eigenvalue weighted by molar-refractivity contribution is 9.10. The van der Waals surface area contributed by atoms with Gasteiger partial charge in [-0.15, -0.1) is 0 Å². The van der Waals surface area contributed by atoms with Crippen LogP contribution in [0.5, 0.6) is 0 Å². The molecule has 4 heteroatoms. The molecule has 0 saturated heterocycles. The molecule has 0 aliphatic rings. The number of aryl methyl sites for hydroxylation is 2. The van der Waals surface area contributed by atoms with E-state index in [-0.39, 0.29) is 5.91 Å². The van der Waals surface area contributed by atoms with Crippen LogP contribution in [0.3, 0.4) is 0 Å². The molecule has 21 heavy (non-hydrogen) atoms. The maximum absolute atomic E-state index is 12.3. The minimum atomic E-state index is -0.106. The second-order valence-corrected chi connectivity index (χ2v) is 5.85. The van der Waals surface area contributed by atoms with Crippen LogP contribution in [-0.2, 0) is 0 Å². The summed E-state index contributed by atoms with van der Waals surface area (Å²) in [6.45, 7) is 6.92. The number of hydrogen-bond acceptors (Lipinski definition) is 2. The number of carbonyl (C=O) groups excluding carboxylic acids is 1. The molecule has 0 aliphatic heterocycles. The summed E-state index contributed by atoms with van der Waals surface area (Å²) in [5, 5.41) is 6.18. The molecule has 1 amide bonds.